The van der Waals surface area contributed by atoms with E-state index in [1.807, 2.05) is 6.07 Å². The Morgan fingerprint density at radius 3 is 3.07 bits per heavy atom. The van der Waals surface area contributed by atoms with Crippen molar-refractivity contribution in [2.24, 2.45) is 0 Å². The number of fused-ring (bicyclic) bond motifs is 1. The predicted octanol–water partition coefficient (Wildman–Crippen LogP) is 1.44. The number of nitrogens with one attached hydrogen (secondary N) is 1. The van der Waals surface area contributed by atoms with E-state index in [1.165, 1.54) is 10.4 Å². The summed E-state index contributed by atoms with van der Waals surface area (Å²) in [7, 11) is 0. The van der Waals surface area contributed by atoms with Crippen molar-refractivity contribution in [1.29, 1.82) is 0 Å². The van der Waals surface area contributed by atoms with E-state index >= 15 is 0 Å². The topological polar surface area (TPSA) is 49.3 Å². The first-order chi connectivity index (χ1) is 6.25. The van der Waals surface area contributed by atoms with Crippen LogP contribution < -0.4 is 5.32 Å². The van der Waals surface area contributed by atoms with Gasteiger partial charge in [0.05, 0.1) is 6.42 Å². The molecule has 0 fully saturated rings. The Morgan fingerprint density at radius 1 is 1.64 bits per heavy atom. The van der Waals surface area contributed by atoms with Crippen molar-refractivity contribution in [2.45, 2.75) is 19.4 Å². The fraction of sp³-hybridized carbons (Fsp3) is 0.444. The number of thiophene rings is 1. The molecule has 0 spiro atoms. The van der Waals surface area contributed by atoms with Gasteiger partial charge in [0.25, 0.3) is 0 Å². The first-order valence-corrected chi connectivity index (χ1v) is 5.10. The van der Waals surface area contributed by atoms with Crippen LogP contribution in [-0.2, 0) is 24.2 Å². The van der Waals surface area contributed by atoms with E-state index in [4.69, 9.17) is 5.11 Å². The fourth-order valence-corrected chi connectivity index (χ4v) is 2.73. The molecule has 0 unspecified atom stereocenters. The molecule has 2 N–H and O–H groups in total. The highest BCUT2D eigenvalue weighted by Crippen LogP contribution is 2.25. The lowest BCUT2D eigenvalue weighted by Crippen LogP contribution is -2.21. The predicted molar refractivity (Wildman–Crippen MR) is 58.3 cm³/mol. The Balaban J connectivity index is 0.000000980. The SMILES string of the molecule is Cl.O=C(O)Cc1cc2c(s1)CCNC2. The van der Waals surface area contributed by atoms with E-state index in [0.29, 0.717) is 0 Å². The zero-order valence-corrected chi connectivity index (χ0v) is 9.21. The van der Waals surface area contributed by atoms with Gasteiger partial charge < -0.3 is 10.4 Å². The van der Waals surface area contributed by atoms with Crippen LogP contribution in [0, 0.1) is 0 Å². The zero-order chi connectivity index (χ0) is 9.26. The zero-order valence-electron chi connectivity index (χ0n) is 7.58. The summed E-state index contributed by atoms with van der Waals surface area (Å²) in [6.07, 6.45) is 1.21. The van der Waals surface area contributed by atoms with Crippen LogP contribution in [0.4, 0.5) is 0 Å². The van der Waals surface area contributed by atoms with Crippen LogP contribution in [0.25, 0.3) is 0 Å². The van der Waals surface area contributed by atoms with Gasteiger partial charge in [-0.2, -0.15) is 0 Å². The summed E-state index contributed by atoms with van der Waals surface area (Å²) >= 11 is 1.64. The van der Waals surface area contributed by atoms with Crippen molar-refractivity contribution in [1.82, 2.24) is 5.32 Å². The molecule has 3 nitrogen and oxygen atoms in total. The molecule has 5 heteroatoms. The monoisotopic (exact) mass is 233 g/mol. The van der Waals surface area contributed by atoms with Crippen molar-refractivity contribution in [2.75, 3.05) is 6.54 Å². The Bertz CT molecular complexity index is 314. The van der Waals surface area contributed by atoms with E-state index in [9.17, 15) is 4.79 Å². The molecule has 2 heterocycles. The van der Waals surface area contributed by atoms with Gasteiger partial charge in [-0.25, -0.2) is 0 Å². The molecule has 1 aromatic rings. The number of rotatable bonds is 2. The second-order valence-electron chi connectivity index (χ2n) is 3.16. The van der Waals surface area contributed by atoms with Crippen molar-refractivity contribution in [3.05, 3.63) is 21.4 Å². The average molecular weight is 234 g/mol. The minimum absolute atomic E-state index is 0. The second-order valence-corrected chi connectivity index (χ2v) is 4.38. The van der Waals surface area contributed by atoms with Gasteiger partial charge in [0.2, 0.25) is 0 Å². The summed E-state index contributed by atoms with van der Waals surface area (Å²) in [5.74, 6) is -0.744. The molecule has 0 aliphatic carbocycles. The van der Waals surface area contributed by atoms with Crippen molar-refractivity contribution < 1.29 is 9.90 Å². The van der Waals surface area contributed by atoms with E-state index in [-0.39, 0.29) is 18.8 Å². The maximum Gasteiger partial charge on any atom is 0.308 e. The molecular formula is C9H12ClNO2S. The third-order valence-electron chi connectivity index (χ3n) is 2.12. The van der Waals surface area contributed by atoms with Crippen molar-refractivity contribution >= 4 is 29.7 Å². The number of halogens is 1. The molecule has 14 heavy (non-hydrogen) atoms. The molecular weight excluding hydrogens is 222 g/mol. The minimum Gasteiger partial charge on any atom is -0.481 e. The molecule has 78 valence electrons. The lowest BCUT2D eigenvalue weighted by atomic mass is 10.1. The van der Waals surface area contributed by atoms with Gasteiger partial charge in [0, 0.05) is 22.8 Å². The number of carboxylic acid groups (broad SMARTS) is 1. The van der Waals surface area contributed by atoms with Gasteiger partial charge in [0.15, 0.2) is 0 Å². The molecule has 0 saturated heterocycles. The molecule has 0 saturated carbocycles. The van der Waals surface area contributed by atoms with Crippen molar-refractivity contribution in [3.63, 3.8) is 0 Å². The van der Waals surface area contributed by atoms with Crippen LogP contribution >= 0.6 is 23.7 Å². The average Bonchev–Trinajstić information content (AvgIpc) is 2.44. The number of carbonyl (C=O) groups is 1. The molecule has 2 rings (SSSR count). The second kappa shape index (κ2) is 4.77. The van der Waals surface area contributed by atoms with Gasteiger partial charge in [-0.1, -0.05) is 0 Å². The maximum absolute atomic E-state index is 10.5. The van der Waals surface area contributed by atoms with Crippen LogP contribution in [0.1, 0.15) is 15.3 Å². The van der Waals surface area contributed by atoms with E-state index in [2.05, 4.69) is 5.32 Å². The number of hydrogen-bond acceptors (Lipinski definition) is 3. The Hall–Kier alpha value is -0.580. The third-order valence-corrected chi connectivity index (χ3v) is 3.35. The third kappa shape index (κ3) is 2.47. The highest BCUT2D eigenvalue weighted by Gasteiger charge is 2.13. The molecule has 0 radical (unpaired) electrons. The van der Waals surface area contributed by atoms with E-state index in [1.54, 1.807) is 11.3 Å². The highest BCUT2D eigenvalue weighted by atomic mass is 35.5. The summed E-state index contributed by atoms with van der Waals surface area (Å²) < 4.78 is 0. The van der Waals surface area contributed by atoms with E-state index < -0.39 is 5.97 Å². The van der Waals surface area contributed by atoms with Crippen LogP contribution in [0.2, 0.25) is 0 Å². The quantitative estimate of drug-likeness (QED) is 0.813. The van der Waals surface area contributed by atoms with Crippen LogP contribution in [0.3, 0.4) is 0 Å². The largest absolute Gasteiger partial charge is 0.481 e. The smallest absolute Gasteiger partial charge is 0.308 e. The molecule has 1 aromatic heterocycles. The Labute approximate surface area is 92.5 Å². The summed E-state index contributed by atoms with van der Waals surface area (Å²) in [5, 5.41) is 11.9. The summed E-state index contributed by atoms with van der Waals surface area (Å²) in [6.45, 7) is 1.91. The molecule has 1 aliphatic rings. The first-order valence-electron chi connectivity index (χ1n) is 4.28. The van der Waals surface area contributed by atoms with E-state index in [0.717, 1.165) is 24.4 Å². The summed E-state index contributed by atoms with van der Waals surface area (Å²) in [4.78, 5) is 12.8. The Morgan fingerprint density at radius 2 is 2.43 bits per heavy atom. The Kier molecular flexibility index (Phi) is 3.92. The van der Waals surface area contributed by atoms with Crippen molar-refractivity contribution in [3.8, 4) is 0 Å². The molecule has 0 atom stereocenters. The van der Waals surface area contributed by atoms with Crippen LogP contribution in [-0.4, -0.2) is 17.6 Å². The number of carboxylic acids is 1. The van der Waals surface area contributed by atoms with Crippen LogP contribution in [0.5, 0.6) is 0 Å². The number of hydrogen-bond donors (Lipinski definition) is 2. The van der Waals surface area contributed by atoms with Gasteiger partial charge in [0.1, 0.15) is 0 Å². The van der Waals surface area contributed by atoms with Crippen LogP contribution in [0.15, 0.2) is 6.07 Å². The number of aliphatic carboxylic acids is 1. The van der Waals surface area contributed by atoms with Gasteiger partial charge >= 0.3 is 5.97 Å². The molecule has 1 aliphatic heterocycles. The maximum atomic E-state index is 10.5. The van der Waals surface area contributed by atoms with Gasteiger partial charge in [-0.15, -0.1) is 23.7 Å². The minimum atomic E-state index is -0.744. The lowest BCUT2D eigenvalue weighted by molar-refractivity contribution is -0.136. The summed E-state index contributed by atoms with van der Waals surface area (Å²) in [6, 6.07) is 2.01. The lowest BCUT2D eigenvalue weighted by Gasteiger charge is -2.10. The van der Waals surface area contributed by atoms with Gasteiger partial charge in [-0.05, 0) is 18.1 Å². The first kappa shape index (κ1) is 11.5. The molecule has 0 aromatic carbocycles. The highest BCUT2D eigenvalue weighted by molar-refractivity contribution is 7.12. The standard InChI is InChI=1S/C9H11NO2S.ClH/c11-9(12)4-7-3-6-5-10-2-1-8(6)13-7;/h3,10H,1-2,4-5H2,(H,11,12);1H. The molecule has 0 amide bonds. The normalized spacial score (nSPS) is 14.3. The summed E-state index contributed by atoms with van der Waals surface area (Å²) in [5.41, 5.74) is 1.28. The molecule has 0 bridgehead atoms. The fourth-order valence-electron chi connectivity index (χ4n) is 1.55. The van der Waals surface area contributed by atoms with Gasteiger partial charge in [-0.3, -0.25) is 4.79 Å².